The van der Waals surface area contributed by atoms with E-state index in [0.29, 0.717) is 0 Å². The normalized spacial score (nSPS) is 29.8. The molecule has 1 atom stereocenters. The highest BCUT2D eigenvalue weighted by atomic mass is 15.3. The van der Waals surface area contributed by atoms with Crippen molar-refractivity contribution in [1.82, 2.24) is 15.1 Å². The number of hydrogen-bond acceptors (Lipinski definition) is 3. The van der Waals surface area contributed by atoms with Crippen LogP contribution in [0, 0.1) is 5.92 Å². The third-order valence-electron chi connectivity index (χ3n) is 3.68. The molecule has 2 saturated heterocycles. The van der Waals surface area contributed by atoms with E-state index in [0.717, 1.165) is 5.92 Å². The van der Waals surface area contributed by atoms with Gasteiger partial charge in [0.05, 0.1) is 0 Å². The molecule has 1 unspecified atom stereocenters. The average Bonchev–Trinajstić information content (AvgIpc) is 2.74. The van der Waals surface area contributed by atoms with Crippen molar-refractivity contribution in [3.63, 3.8) is 0 Å². The van der Waals surface area contributed by atoms with Gasteiger partial charge in [-0.25, -0.2) is 0 Å². The summed E-state index contributed by atoms with van der Waals surface area (Å²) in [5.41, 5.74) is 0. The molecule has 0 bridgehead atoms. The maximum Gasteiger partial charge on any atom is 0.0110 e. The number of nitrogens with zero attached hydrogens (tertiary/aromatic N) is 2. The monoisotopic (exact) mass is 211 g/mol. The van der Waals surface area contributed by atoms with E-state index in [9.17, 15) is 0 Å². The predicted molar refractivity (Wildman–Crippen MR) is 64.1 cm³/mol. The van der Waals surface area contributed by atoms with E-state index >= 15 is 0 Å². The van der Waals surface area contributed by atoms with Gasteiger partial charge in [0.25, 0.3) is 0 Å². The fourth-order valence-corrected chi connectivity index (χ4v) is 2.75. The Morgan fingerprint density at radius 3 is 2.47 bits per heavy atom. The zero-order chi connectivity index (χ0) is 10.5. The summed E-state index contributed by atoms with van der Waals surface area (Å²) < 4.78 is 0. The Hall–Kier alpha value is -0.120. The van der Waals surface area contributed by atoms with Gasteiger partial charge in [-0.05, 0) is 38.4 Å². The lowest BCUT2D eigenvalue weighted by molar-refractivity contribution is 0.120. The van der Waals surface area contributed by atoms with Gasteiger partial charge >= 0.3 is 0 Å². The van der Waals surface area contributed by atoms with Crippen molar-refractivity contribution in [2.24, 2.45) is 5.92 Å². The SMILES string of the molecule is CCCN1CCN(CC2CCNC2)CC1. The van der Waals surface area contributed by atoms with Gasteiger partial charge in [-0.3, -0.25) is 0 Å². The molecule has 15 heavy (non-hydrogen) atoms. The first kappa shape index (κ1) is 11.4. The van der Waals surface area contributed by atoms with Crippen LogP contribution in [-0.4, -0.2) is 62.2 Å². The van der Waals surface area contributed by atoms with Crippen molar-refractivity contribution in [3.05, 3.63) is 0 Å². The highest BCUT2D eigenvalue weighted by Gasteiger charge is 2.21. The molecule has 0 aliphatic carbocycles. The third-order valence-corrected chi connectivity index (χ3v) is 3.68. The second-order valence-electron chi connectivity index (χ2n) is 5.00. The first-order chi connectivity index (χ1) is 7.38. The van der Waals surface area contributed by atoms with Crippen molar-refractivity contribution in [1.29, 1.82) is 0 Å². The van der Waals surface area contributed by atoms with Crippen LogP contribution in [0.25, 0.3) is 0 Å². The molecule has 3 heteroatoms. The number of rotatable bonds is 4. The minimum atomic E-state index is 0.919. The van der Waals surface area contributed by atoms with Crippen molar-refractivity contribution in [2.45, 2.75) is 19.8 Å². The zero-order valence-electron chi connectivity index (χ0n) is 10.0. The van der Waals surface area contributed by atoms with Gasteiger partial charge in [0.15, 0.2) is 0 Å². The van der Waals surface area contributed by atoms with Crippen LogP contribution in [0.2, 0.25) is 0 Å². The Labute approximate surface area is 93.8 Å². The van der Waals surface area contributed by atoms with Gasteiger partial charge in [-0.1, -0.05) is 6.92 Å². The molecule has 2 heterocycles. The van der Waals surface area contributed by atoms with E-state index in [1.54, 1.807) is 0 Å². The molecule has 3 nitrogen and oxygen atoms in total. The largest absolute Gasteiger partial charge is 0.316 e. The predicted octanol–water partition coefficient (Wildman–Crippen LogP) is 0.624. The lowest BCUT2D eigenvalue weighted by atomic mass is 10.1. The van der Waals surface area contributed by atoms with Crippen LogP contribution in [0.4, 0.5) is 0 Å². The van der Waals surface area contributed by atoms with Crippen molar-refractivity contribution in [3.8, 4) is 0 Å². The van der Waals surface area contributed by atoms with Crippen molar-refractivity contribution < 1.29 is 0 Å². The molecule has 0 aromatic carbocycles. The molecule has 0 aromatic heterocycles. The summed E-state index contributed by atoms with van der Waals surface area (Å²) in [4.78, 5) is 5.26. The van der Waals surface area contributed by atoms with Crippen molar-refractivity contribution >= 4 is 0 Å². The van der Waals surface area contributed by atoms with E-state index in [1.807, 2.05) is 0 Å². The summed E-state index contributed by atoms with van der Waals surface area (Å²) in [5.74, 6) is 0.919. The zero-order valence-corrected chi connectivity index (χ0v) is 10.0. The van der Waals surface area contributed by atoms with Gasteiger partial charge in [0.2, 0.25) is 0 Å². The van der Waals surface area contributed by atoms with Crippen LogP contribution in [0.15, 0.2) is 0 Å². The Balaban J connectivity index is 1.64. The summed E-state index contributed by atoms with van der Waals surface area (Å²) in [5, 5.41) is 3.45. The molecule has 2 fully saturated rings. The van der Waals surface area contributed by atoms with Crippen LogP contribution in [0.1, 0.15) is 19.8 Å². The quantitative estimate of drug-likeness (QED) is 0.735. The average molecular weight is 211 g/mol. The van der Waals surface area contributed by atoms with Crippen LogP contribution in [-0.2, 0) is 0 Å². The second kappa shape index (κ2) is 5.83. The molecule has 0 saturated carbocycles. The highest BCUT2D eigenvalue weighted by Crippen LogP contribution is 2.11. The van der Waals surface area contributed by atoms with Gasteiger partial charge in [-0.2, -0.15) is 0 Å². The maximum atomic E-state index is 3.45. The molecule has 0 spiro atoms. The van der Waals surface area contributed by atoms with E-state index < -0.39 is 0 Å². The Morgan fingerprint density at radius 1 is 1.13 bits per heavy atom. The van der Waals surface area contributed by atoms with E-state index in [2.05, 4.69) is 22.0 Å². The lowest BCUT2D eigenvalue weighted by Gasteiger charge is -2.35. The van der Waals surface area contributed by atoms with E-state index in [4.69, 9.17) is 0 Å². The summed E-state index contributed by atoms with van der Waals surface area (Å²) in [7, 11) is 0. The van der Waals surface area contributed by atoms with Crippen LogP contribution >= 0.6 is 0 Å². The van der Waals surface area contributed by atoms with Crippen LogP contribution < -0.4 is 5.32 Å². The van der Waals surface area contributed by atoms with E-state index in [-0.39, 0.29) is 0 Å². The van der Waals surface area contributed by atoms with Crippen LogP contribution in [0.3, 0.4) is 0 Å². The van der Waals surface area contributed by atoms with Gasteiger partial charge in [-0.15, -0.1) is 0 Å². The summed E-state index contributed by atoms with van der Waals surface area (Å²) in [6.45, 7) is 12.5. The smallest absolute Gasteiger partial charge is 0.0110 e. The molecule has 1 N–H and O–H groups in total. The minimum Gasteiger partial charge on any atom is -0.316 e. The Kier molecular flexibility index (Phi) is 4.42. The van der Waals surface area contributed by atoms with Crippen LogP contribution in [0.5, 0.6) is 0 Å². The molecule has 2 aliphatic heterocycles. The Morgan fingerprint density at radius 2 is 1.87 bits per heavy atom. The van der Waals surface area contributed by atoms with E-state index in [1.165, 1.54) is 65.2 Å². The number of piperazine rings is 1. The standard InChI is InChI=1S/C12H25N3/c1-2-5-14-6-8-15(9-7-14)11-12-3-4-13-10-12/h12-13H,2-11H2,1H3. The molecule has 2 aliphatic rings. The number of nitrogens with one attached hydrogen (secondary N) is 1. The summed E-state index contributed by atoms with van der Waals surface area (Å²) in [6, 6.07) is 0. The van der Waals surface area contributed by atoms with Gasteiger partial charge in [0.1, 0.15) is 0 Å². The molecule has 0 aromatic rings. The molecular weight excluding hydrogens is 186 g/mol. The fraction of sp³-hybridized carbons (Fsp3) is 1.00. The fourth-order valence-electron chi connectivity index (χ4n) is 2.75. The maximum absolute atomic E-state index is 3.45. The van der Waals surface area contributed by atoms with Gasteiger partial charge in [0, 0.05) is 32.7 Å². The highest BCUT2D eigenvalue weighted by molar-refractivity contribution is 4.78. The molecule has 88 valence electrons. The second-order valence-corrected chi connectivity index (χ2v) is 5.00. The third kappa shape index (κ3) is 3.44. The molecular formula is C12H25N3. The topological polar surface area (TPSA) is 18.5 Å². The summed E-state index contributed by atoms with van der Waals surface area (Å²) >= 11 is 0. The minimum absolute atomic E-state index is 0.919. The lowest BCUT2D eigenvalue weighted by Crippen LogP contribution is -2.47. The van der Waals surface area contributed by atoms with Gasteiger partial charge < -0.3 is 15.1 Å². The molecule has 2 rings (SSSR count). The first-order valence-corrected chi connectivity index (χ1v) is 6.54. The first-order valence-electron chi connectivity index (χ1n) is 6.54. The Bertz CT molecular complexity index is 170. The number of hydrogen-bond donors (Lipinski definition) is 1. The van der Waals surface area contributed by atoms with Crippen molar-refractivity contribution in [2.75, 3.05) is 52.4 Å². The molecule has 0 amide bonds. The summed E-state index contributed by atoms with van der Waals surface area (Å²) in [6.07, 6.45) is 2.68. The molecule has 0 radical (unpaired) electrons.